The van der Waals surface area contributed by atoms with E-state index in [4.69, 9.17) is 0 Å². The van der Waals surface area contributed by atoms with Crippen LogP contribution in [0.3, 0.4) is 0 Å². The molecule has 10 heavy (non-hydrogen) atoms. The van der Waals surface area contributed by atoms with Crippen LogP contribution in [0.1, 0.15) is 30.1 Å². The van der Waals surface area contributed by atoms with E-state index in [2.05, 4.69) is 39.5 Å². The normalized spacial score (nSPS) is 17.8. The van der Waals surface area contributed by atoms with Gasteiger partial charge in [-0.15, -0.1) is 0 Å². The van der Waals surface area contributed by atoms with Crippen LogP contribution in [0.15, 0.2) is 0 Å². The van der Waals surface area contributed by atoms with E-state index in [-0.39, 0.29) is 0 Å². The van der Waals surface area contributed by atoms with Gasteiger partial charge in [0.05, 0.1) is 5.69 Å². The van der Waals surface area contributed by atoms with Crippen LogP contribution in [0.2, 0.25) is 0 Å². The molecule has 0 bridgehead atoms. The van der Waals surface area contributed by atoms with Gasteiger partial charge in [-0.2, -0.15) is 0 Å². The third-order valence-corrected chi connectivity index (χ3v) is 2.39. The standard InChI is InChI=1S/C7H9IN2/c1-4-6(5-2-3-5)10-7(8)9-4/h5H,2-3H2,1H3,(H,9,10). The van der Waals surface area contributed by atoms with Gasteiger partial charge in [-0.25, -0.2) is 4.98 Å². The summed E-state index contributed by atoms with van der Waals surface area (Å²) in [5.74, 6) is 0.802. The van der Waals surface area contributed by atoms with E-state index in [0.717, 1.165) is 9.75 Å². The molecule has 0 aromatic carbocycles. The Balaban J connectivity index is 2.38. The van der Waals surface area contributed by atoms with Crippen LogP contribution in [0.5, 0.6) is 0 Å². The number of hydrogen-bond donors (Lipinski definition) is 1. The van der Waals surface area contributed by atoms with E-state index in [1.807, 2.05) is 0 Å². The first-order valence-corrected chi connectivity index (χ1v) is 4.57. The summed E-state index contributed by atoms with van der Waals surface area (Å²) in [7, 11) is 0. The summed E-state index contributed by atoms with van der Waals surface area (Å²) < 4.78 is 1.03. The molecule has 0 spiro atoms. The molecule has 1 aromatic heterocycles. The van der Waals surface area contributed by atoms with Crippen LogP contribution in [0.4, 0.5) is 0 Å². The molecule has 0 saturated heterocycles. The molecule has 1 heterocycles. The molecule has 1 fully saturated rings. The van der Waals surface area contributed by atoms with Crippen molar-refractivity contribution in [1.29, 1.82) is 0 Å². The fraction of sp³-hybridized carbons (Fsp3) is 0.571. The molecule has 1 aliphatic carbocycles. The Morgan fingerprint density at radius 1 is 1.60 bits per heavy atom. The summed E-state index contributed by atoms with van der Waals surface area (Å²) in [5, 5.41) is 0. The number of aryl methyl sites for hydroxylation is 1. The second kappa shape index (κ2) is 2.22. The summed E-state index contributed by atoms with van der Waals surface area (Å²) in [5.41, 5.74) is 2.55. The summed E-state index contributed by atoms with van der Waals surface area (Å²) in [6.07, 6.45) is 2.69. The van der Waals surface area contributed by atoms with Crippen LogP contribution in [-0.4, -0.2) is 9.97 Å². The van der Waals surface area contributed by atoms with Crippen LogP contribution < -0.4 is 0 Å². The molecule has 2 rings (SSSR count). The third-order valence-electron chi connectivity index (χ3n) is 1.88. The van der Waals surface area contributed by atoms with E-state index < -0.39 is 0 Å². The predicted octanol–water partition coefficient (Wildman–Crippen LogP) is 2.20. The second-order valence-electron chi connectivity index (χ2n) is 2.80. The fourth-order valence-electron chi connectivity index (χ4n) is 1.21. The smallest absolute Gasteiger partial charge is 0.169 e. The molecule has 0 radical (unpaired) electrons. The summed E-state index contributed by atoms with van der Waals surface area (Å²) in [6.45, 7) is 2.08. The second-order valence-corrected chi connectivity index (χ2v) is 3.82. The van der Waals surface area contributed by atoms with Crippen molar-refractivity contribution in [3.05, 3.63) is 15.2 Å². The lowest BCUT2D eigenvalue weighted by molar-refractivity contribution is 1.02. The van der Waals surface area contributed by atoms with Crippen molar-refractivity contribution in [1.82, 2.24) is 9.97 Å². The van der Waals surface area contributed by atoms with E-state index in [0.29, 0.717) is 0 Å². The minimum absolute atomic E-state index is 0.802. The molecule has 1 aromatic rings. The number of nitrogens with one attached hydrogen (secondary N) is 1. The van der Waals surface area contributed by atoms with Gasteiger partial charge in [0.1, 0.15) is 0 Å². The van der Waals surface area contributed by atoms with Gasteiger partial charge in [-0.1, -0.05) is 0 Å². The van der Waals surface area contributed by atoms with Crippen LogP contribution in [0, 0.1) is 10.8 Å². The van der Waals surface area contributed by atoms with Gasteiger partial charge < -0.3 is 4.98 Å². The topological polar surface area (TPSA) is 28.7 Å². The maximum Gasteiger partial charge on any atom is 0.169 e. The van der Waals surface area contributed by atoms with E-state index >= 15 is 0 Å². The first-order chi connectivity index (χ1) is 4.77. The number of nitrogens with zero attached hydrogens (tertiary/aromatic N) is 1. The Morgan fingerprint density at radius 3 is 2.70 bits per heavy atom. The highest BCUT2D eigenvalue weighted by molar-refractivity contribution is 14.1. The molecule has 0 unspecified atom stereocenters. The van der Waals surface area contributed by atoms with Gasteiger partial charge in [0.2, 0.25) is 0 Å². The highest BCUT2D eigenvalue weighted by atomic mass is 127. The quantitative estimate of drug-likeness (QED) is 0.758. The van der Waals surface area contributed by atoms with Crippen LogP contribution in [0.25, 0.3) is 0 Å². The molecule has 0 aliphatic heterocycles. The highest BCUT2D eigenvalue weighted by Gasteiger charge is 2.27. The van der Waals surface area contributed by atoms with Crippen molar-refractivity contribution >= 4 is 22.6 Å². The van der Waals surface area contributed by atoms with Crippen molar-refractivity contribution in [3.8, 4) is 0 Å². The monoisotopic (exact) mass is 248 g/mol. The molecule has 1 saturated carbocycles. The zero-order chi connectivity index (χ0) is 7.14. The number of imidazole rings is 1. The fourth-order valence-corrected chi connectivity index (χ4v) is 1.86. The Bertz CT molecular complexity index is 250. The average Bonchev–Trinajstić information content (AvgIpc) is 2.61. The number of aromatic nitrogens is 2. The predicted molar refractivity (Wildman–Crippen MR) is 48.0 cm³/mol. The molecule has 0 amide bonds. The molecule has 2 nitrogen and oxygen atoms in total. The van der Waals surface area contributed by atoms with E-state index in [1.54, 1.807) is 0 Å². The summed E-state index contributed by atoms with van der Waals surface area (Å²) in [6, 6.07) is 0. The lowest BCUT2D eigenvalue weighted by Crippen LogP contribution is -1.81. The third kappa shape index (κ3) is 1.07. The highest BCUT2D eigenvalue weighted by Crippen LogP contribution is 2.40. The maximum atomic E-state index is 4.30. The Kier molecular flexibility index (Phi) is 1.47. The van der Waals surface area contributed by atoms with Gasteiger partial charge in [0, 0.05) is 11.6 Å². The molecule has 54 valence electrons. The number of rotatable bonds is 1. The Hall–Kier alpha value is -0.0600. The zero-order valence-corrected chi connectivity index (χ0v) is 7.97. The van der Waals surface area contributed by atoms with E-state index in [9.17, 15) is 0 Å². The minimum Gasteiger partial charge on any atom is -0.337 e. The number of hydrogen-bond acceptors (Lipinski definition) is 1. The van der Waals surface area contributed by atoms with Gasteiger partial charge >= 0.3 is 0 Å². The van der Waals surface area contributed by atoms with Crippen molar-refractivity contribution in [2.45, 2.75) is 25.7 Å². The number of aromatic amines is 1. The molecule has 1 N–H and O–H groups in total. The van der Waals surface area contributed by atoms with Gasteiger partial charge in [-0.05, 0) is 42.4 Å². The van der Waals surface area contributed by atoms with E-state index in [1.165, 1.54) is 24.2 Å². The van der Waals surface area contributed by atoms with Gasteiger partial charge in [0.15, 0.2) is 3.83 Å². The first-order valence-electron chi connectivity index (χ1n) is 3.49. The molecule has 1 aliphatic rings. The van der Waals surface area contributed by atoms with Crippen molar-refractivity contribution in [2.24, 2.45) is 0 Å². The lowest BCUT2D eigenvalue weighted by Gasteiger charge is -1.89. The average molecular weight is 248 g/mol. The SMILES string of the molecule is Cc1nc(I)[nH]c1C1CC1. The van der Waals surface area contributed by atoms with Gasteiger partial charge in [0.25, 0.3) is 0 Å². The minimum atomic E-state index is 0.802. The first kappa shape index (κ1) is 6.64. The Labute approximate surface area is 73.6 Å². The lowest BCUT2D eigenvalue weighted by atomic mass is 10.2. The Morgan fingerprint density at radius 2 is 2.30 bits per heavy atom. The molecule has 3 heteroatoms. The van der Waals surface area contributed by atoms with Crippen molar-refractivity contribution < 1.29 is 0 Å². The summed E-state index contributed by atoms with van der Waals surface area (Å²) in [4.78, 5) is 7.59. The number of H-pyrrole nitrogens is 1. The maximum absolute atomic E-state index is 4.30. The van der Waals surface area contributed by atoms with Crippen LogP contribution in [-0.2, 0) is 0 Å². The number of halogens is 1. The van der Waals surface area contributed by atoms with Crippen molar-refractivity contribution in [2.75, 3.05) is 0 Å². The van der Waals surface area contributed by atoms with Crippen molar-refractivity contribution in [3.63, 3.8) is 0 Å². The largest absolute Gasteiger partial charge is 0.337 e. The summed E-state index contributed by atoms with van der Waals surface area (Å²) >= 11 is 2.22. The van der Waals surface area contributed by atoms with Crippen LogP contribution >= 0.6 is 22.6 Å². The molecular weight excluding hydrogens is 239 g/mol. The zero-order valence-electron chi connectivity index (χ0n) is 5.82. The van der Waals surface area contributed by atoms with Gasteiger partial charge in [-0.3, -0.25) is 0 Å². The molecular formula is C7H9IN2. The molecule has 0 atom stereocenters.